The van der Waals surface area contributed by atoms with E-state index in [9.17, 15) is 28.4 Å². The van der Waals surface area contributed by atoms with Gasteiger partial charge in [-0.2, -0.15) is 10.4 Å². The van der Waals surface area contributed by atoms with Crippen LogP contribution < -0.4 is 15.6 Å². The van der Waals surface area contributed by atoms with Gasteiger partial charge in [-0.05, 0) is 82.9 Å². The number of aryl methyl sites for hydroxylation is 3. The second kappa shape index (κ2) is 10.3. The first-order chi connectivity index (χ1) is 19.8. The van der Waals surface area contributed by atoms with Crippen LogP contribution in [0, 0.1) is 49.2 Å². The first-order valence-corrected chi connectivity index (χ1v) is 13.5. The smallest absolute Gasteiger partial charge is 0.307 e. The summed E-state index contributed by atoms with van der Waals surface area (Å²) in [5, 5.41) is 18.8. The lowest BCUT2D eigenvalue weighted by atomic mass is 9.82. The molecule has 218 valence electrons. The summed E-state index contributed by atoms with van der Waals surface area (Å²) in [5.74, 6) is -2.75. The van der Waals surface area contributed by atoms with Gasteiger partial charge in [-0.25, -0.2) is 18.9 Å². The second-order valence-electron chi connectivity index (χ2n) is 11.5. The Morgan fingerprint density at radius 2 is 1.88 bits per heavy atom. The second-order valence-corrected chi connectivity index (χ2v) is 11.5. The average Bonchev–Trinajstić information content (AvgIpc) is 3.45. The highest BCUT2D eigenvalue weighted by atomic mass is 19.2. The number of carbonyl (C=O) groups is 2. The lowest BCUT2D eigenvalue weighted by molar-refractivity contribution is -0.135. The number of rotatable bonds is 6. The molecule has 12 heteroatoms. The van der Waals surface area contributed by atoms with Gasteiger partial charge in [0.2, 0.25) is 5.91 Å². The quantitative estimate of drug-likeness (QED) is 0.450. The number of aromatic amines is 1. The molecule has 0 radical (unpaired) electrons. The summed E-state index contributed by atoms with van der Waals surface area (Å²) in [7, 11) is 0. The van der Waals surface area contributed by atoms with E-state index in [1.54, 1.807) is 39.5 Å². The van der Waals surface area contributed by atoms with Crippen molar-refractivity contribution in [3.8, 4) is 17.6 Å². The Labute approximate surface area is 240 Å². The van der Waals surface area contributed by atoms with Crippen molar-refractivity contribution in [3.05, 3.63) is 80.5 Å². The fourth-order valence-corrected chi connectivity index (χ4v) is 6.16. The molecule has 3 aromatic rings. The Hall–Kier alpha value is -4.66. The van der Waals surface area contributed by atoms with Crippen LogP contribution in [0.3, 0.4) is 0 Å². The van der Waals surface area contributed by atoms with Gasteiger partial charge in [-0.3, -0.25) is 14.4 Å². The highest BCUT2D eigenvalue weighted by Gasteiger charge is 2.61. The minimum absolute atomic E-state index is 0.0199. The zero-order valence-electron chi connectivity index (χ0n) is 23.8. The predicted octanol–water partition coefficient (Wildman–Crippen LogP) is 4.10. The number of benzene rings is 1. The van der Waals surface area contributed by atoms with Gasteiger partial charge in [0.15, 0.2) is 17.4 Å². The molecule has 5 rings (SSSR count). The average molecular weight is 577 g/mol. The fraction of sp³-hybridized carbons (Fsp3) is 0.400. The molecule has 0 spiro atoms. The zero-order chi connectivity index (χ0) is 30.6. The van der Waals surface area contributed by atoms with Gasteiger partial charge in [0.1, 0.15) is 17.5 Å². The number of fused-ring (bicyclic) bond motifs is 1. The summed E-state index contributed by atoms with van der Waals surface area (Å²) in [6.45, 7) is 8.44. The van der Waals surface area contributed by atoms with Crippen LogP contribution in [0.4, 0.5) is 8.78 Å². The van der Waals surface area contributed by atoms with E-state index in [2.05, 4.69) is 26.6 Å². The zero-order valence-corrected chi connectivity index (χ0v) is 23.8. The molecule has 2 fully saturated rings. The van der Waals surface area contributed by atoms with Gasteiger partial charge >= 0.3 is 5.56 Å². The third-order valence-corrected chi connectivity index (χ3v) is 8.26. The predicted molar refractivity (Wildman–Crippen MR) is 147 cm³/mol. The van der Waals surface area contributed by atoms with Gasteiger partial charge in [0.25, 0.3) is 5.91 Å². The third-order valence-electron chi connectivity index (χ3n) is 8.26. The molecule has 2 saturated heterocycles. The topological polar surface area (TPSA) is 141 Å². The third kappa shape index (κ3) is 4.78. The molecule has 2 aliphatic rings. The number of hydrogen-bond acceptors (Lipinski definition) is 7. The minimum atomic E-state index is -1.03. The van der Waals surface area contributed by atoms with Crippen LogP contribution >= 0.6 is 0 Å². The number of nitriles is 1. The summed E-state index contributed by atoms with van der Waals surface area (Å²) in [6, 6.07) is 7.40. The highest BCUT2D eigenvalue weighted by molar-refractivity contribution is 5.97. The molecule has 10 nitrogen and oxygen atoms in total. The summed E-state index contributed by atoms with van der Waals surface area (Å²) in [5.41, 5.74) is -0.638. The van der Waals surface area contributed by atoms with Gasteiger partial charge in [0.05, 0.1) is 34.5 Å². The standard InChI is InChI=1S/C30H30F2N6O4/c1-15-10-19(31)20(32)12-18(15)30-9-8-25(29(4,5)14-33)38(30)28(41)22(13-30)35-26(39)21-6-7-23(17(3)34-21)42-24-11-16(2)36-37-27(24)40/h6-7,10-12,22,25H,8-9,13H2,1-5H3,(H,35,39)(H,37,40)/t22-,25+,30+/m0/s1. The van der Waals surface area contributed by atoms with Crippen molar-refractivity contribution in [2.75, 3.05) is 0 Å². The molecular formula is C30H30F2N6O4. The molecule has 4 heterocycles. The summed E-state index contributed by atoms with van der Waals surface area (Å²) >= 11 is 0. The molecule has 2 N–H and O–H groups in total. The molecule has 0 unspecified atom stereocenters. The van der Waals surface area contributed by atoms with E-state index in [0.29, 0.717) is 35.4 Å². The Morgan fingerprint density at radius 3 is 2.57 bits per heavy atom. The van der Waals surface area contributed by atoms with Crippen LogP contribution in [0.5, 0.6) is 11.5 Å². The first-order valence-electron chi connectivity index (χ1n) is 13.5. The molecule has 0 bridgehead atoms. The number of pyridine rings is 1. The van der Waals surface area contributed by atoms with Gasteiger partial charge < -0.3 is 15.0 Å². The van der Waals surface area contributed by atoms with Crippen molar-refractivity contribution < 1.29 is 23.1 Å². The van der Waals surface area contributed by atoms with Crippen molar-refractivity contribution in [1.29, 1.82) is 5.26 Å². The highest BCUT2D eigenvalue weighted by Crippen LogP contribution is 2.54. The van der Waals surface area contributed by atoms with Crippen molar-refractivity contribution in [2.45, 2.75) is 71.5 Å². The van der Waals surface area contributed by atoms with Gasteiger partial charge in [-0.1, -0.05) is 0 Å². The summed E-state index contributed by atoms with van der Waals surface area (Å²) in [4.78, 5) is 45.2. The van der Waals surface area contributed by atoms with E-state index >= 15 is 0 Å². The lowest BCUT2D eigenvalue weighted by Gasteiger charge is -2.40. The number of nitrogens with zero attached hydrogens (tertiary/aromatic N) is 4. The van der Waals surface area contributed by atoms with Crippen LogP contribution in [0.1, 0.15) is 66.1 Å². The van der Waals surface area contributed by atoms with Crippen molar-refractivity contribution in [2.24, 2.45) is 5.41 Å². The monoisotopic (exact) mass is 576 g/mol. The maximum atomic E-state index is 14.5. The number of carbonyl (C=O) groups excluding carboxylic acids is 2. The summed E-state index contributed by atoms with van der Waals surface area (Å²) in [6.07, 6.45) is 1.03. The number of H-pyrrole nitrogens is 1. The molecular weight excluding hydrogens is 546 g/mol. The van der Waals surface area contributed by atoms with E-state index in [1.165, 1.54) is 18.2 Å². The van der Waals surface area contributed by atoms with E-state index in [-0.39, 0.29) is 23.6 Å². The Kier molecular flexibility index (Phi) is 7.08. The van der Waals surface area contributed by atoms with Crippen molar-refractivity contribution in [3.63, 3.8) is 0 Å². The van der Waals surface area contributed by atoms with Crippen LogP contribution in [-0.2, 0) is 10.3 Å². The first kappa shape index (κ1) is 28.9. The van der Waals surface area contributed by atoms with Crippen LogP contribution in [0.2, 0.25) is 0 Å². The fourth-order valence-electron chi connectivity index (χ4n) is 6.16. The van der Waals surface area contributed by atoms with E-state index < -0.39 is 52.0 Å². The lowest BCUT2D eigenvalue weighted by Crippen LogP contribution is -2.50. The normalized spacial score (nSPS) is 21.7. The molecule has 42 heavy (non-hydrogen) atoms. The molecule has 0 saturated carbocycles. The number of ether oxygens (including phenoxy) is 1. The van der Waals surface area contributed by atoms with Crippen molar-refractivity contribution >= 4 is 11.8 Å². The Bertz CT molecular complexity index is 1710. The number of amides is 2. The minimum Gasteiger partial charge on any atom is -0.450 e. The molecule has 2 aliphatic heterocycles. The molecule has 0 aliphatic carbocycles. The number of nitrogens with one attached hydrogen (secondary N) is 2. The number of halogens is 2. The molecule has 1 aromatic carbocycles. The molecule has 2 aromatic heterocycles. The SMILES string of the molecule is Cc1cc(Oc2ccc(C(=O)N[C@H]3C[C@@]4(c5cc(F)c(F)cc5C)CC[C@H](C(C)(C)C#N)N4C3=O)nc2C)c(=O)[nH]n1. The maximum Gasteiger partial charge on any atom is 0.307 e. The van der Waals surface area contributed by atoms with Gasteiger partial charge in [-0.15, -0.1) is 0 Å². The van der Waals surface area contributed by atoms with E-state index in [4.69, 9.17) is 4.74 Å². The van der Waals surface area contributed by atoms with Crippen LogP contribution in [0.25, 0.3) is 0 Å². The van der Waals surface area contributed by atoms with Crippen LogP contribution in [-0.4, -0.2) is 44.0 Å². The Morgan fingerprint density at radius 1 is 1.17 bits per heavy atom. The molecule has 2 amide bonds. The largest absolute Gasteiger partial charge is 0.450 e. The van der Waals surface area contributed by atoms with E-state index in [1.807, 2.05) is 0 Å². The van der Waals surface area contributed by atoms with Gasteiger partial charge in [0, 0.05) is 12.5 Å². The number of aromatic nitrogens is 3. The summed E-state index contributed by atoms with van der Waals surface area (Å²) < 4.78 is 34.2. The number of hydrogen-bond donors (Lipinski definition) is 2. The van der Waals surface area contributed by atoms with Crippen molar-refractivity contribution in [1.82, 2.24) is 25.4 Å². The van der Waals surface area contributed by atoms with Crippen LogP contribution in [0.15, 0.2) is 35.1 Å². The van der Waals surface area contributed by atoms with E-state index in [0.717, 1.165) is 12.1 Å². The maximum absolute atomic E-state index is 14.5. The molecule has 3 atom stereocenters. The Balaban J connectivity index is 1.44.